The largest absolute Gasteiger partial charge is 0.468 e. The number of hydrogen-bond acceptors (Lipinski definition) is 3. The lowest BCUT2D eigenvalue weighted by atomic mass is 10.2. The van der Waals surface area contributed by atoms with E-state index < -0.39 is 12.8 Å². The molecule has 2 rings (SSSR count). The van der Waals surface area contributed by atoms with Crippen LogP contribution in [0, 0.1) is 5.82 Å². The van der Waals surface area contributed by atoms with Gasteiger partial charge in [0.15, 0.2) is 12.6 Å². The summed E-state index contributed by atoms with van der Waals surface area (Å²) in [5, 5.41) is 6.15. The standard InChI is InChI=1S/C18H20F4N4O.HI/c1-2-23-17(25-9-13-4-3-5-15(19)8-13)26-11-14-6-7-16(24-10-14)27-12-18(20,21)22;/h3-8,10H,2,9,11-12H2,1H3,(H2,23,25,26);1H. The number of nitrogens with one attached hydrogen (secondary N) is 2. The Balaban J connectivity index is 0.00000392. The molecule has 0 bridgehead atoms. The fraction of sp³-hybridized carbons (Fsp3) is 0.333. The molecule has 2 aromatic rings. The second kappa shape index (κ2) is 11.7. The van der Waals surface area contributed by atoms with Gasteiger partial charge in [-0.15, -0.1) is 24.0 Å². The zero-order valence-electron chi connectivity index (χ0n) is 15.1. The van der Waals surface area contributed by atoms with Gasteiger partial charge in [0.05, 0.1) is 6.54 Å². The van der Waals surface area contributed by atoms with Gasteiger partial charge in [0.2, 0.25) is 5.88 Å². The van der Waals surface area contributed by atoms with Crippen LogP contribution >= 0.6 is 24.0 Å². The molecule has 0 atom stereocenters. The molecule has 0 aliphatic carbocycles. The number of alkyl halides is 3. The molecule has 5 nitrogen and oxygen atoms in total. The Morgan fingerprint density at radius 2 is 1.93 bits per heavy atom. The van der Waals surface area contributed by atoms with E-state index in [4.69, 9.17) is 0 Å². The second-order valence-electron chi connectivity index (χ2n) is 5.59. The maximum absolute atomic E-state index is 13.2. The maximum atomic E-state index is 13.2. The Bertz CT molecular complexity index is 754. The number of ether oxygens (including phenoxy) is 1. The fourth-order valence-electron chi connectivity index (χ4n) is 2.09. The van der Waals surface area contributed by atoms with Crippen molar-refractivity contribution in [3.05, 3.63) is 59.5 Å². The molecule has 1 aromatic heterocycles. The molecule has 0 spiro atoms. The molecule has 10 heteroatoms. The summed E-state index contributed by atoms with van der Waals surface area (Å²) in [6.45, 7) is 1.83. The average molecular weight is 512 g/mol. The number of nitrogens with zero attached hydrogens (tertiary/aromatic N) is 2. The summed E-state index contributed by atoms with van der Waals surface area (Å²) in [4.78, 5) is 8.21. The Morgan fingerprint density at radius 3 is 2.54 bits per heavy atom. The first-order chi connectivity index (χ1) is 12.9. The van der Waals surface area contributed by atoms with Crippen LogP contribution in [-0.2, 0) is 13.1 Å². The van der Waals surface area contributed by atoms with Crippen molar-refractivity contribution < 1.29 is 22.3 Å². The minimum atomic E-state index is -4.40. The number of guanidine groups is 1. The van der Waals surface area contributed by atoms with Gasteiger partial charge in [0.1, 0.15) is 5.82 Å². The van der Waals surface area contributed by atoms with E-state index in [9.17, 15) is 17.6 Å². The molecule has 0 saturated heterocycles. The van der Waals surface area contributed by atoms with Gasteiger partial charge in [-0.05, 0) is 30.2 Å². The topological polar surface area (TPSA) is 58.5 Å². The smallest absolute Gasteiger partial charge is 0.422 e. The maximum Gasteiger partial charge on any atom is 0.422 e. The van der Waals surface area contributed by atoms with Crippen molar-refractivity contribution in [2.24, 2.45) is 4.99 Å². The number of hydrogen-bond donors (Lipinski definition) is 2. The van der Waals surface area contributed by atoms with Crippen molar-refractivity contribution in [3.63, 3.8) is 0 Å². The van der Waals surface area contributed by atoms with Gasteiger partial charge in [0, 0.05) is 25.4 Å². The van der Waals surface area contributed by atoms with Gasteiger partial charge < -0.3 is 15.4 Å². The third-order valence-corrected chi connectivity index (χ3v) is 3.29. The van der Waals surface area contributed by atoms with Crippen LogP contribution in [0.4, 0.5) is 17.6 Å². The van der Waals surface area contributed by atoms with Crippen LogP contribution in [0.5, 0.6) is 5.88 Å². The van der Waals surface area contributed by atoms with Gasteiger partial charge >= 0.3 is 6.18 Å². The van der Waals surface area contributed by atoms with Crippen LogP contribution in [0.3, 0.4) is 0 Å². The van der Waals surface area contributed by atoms with Crippen LogP contribution in [0.1, 0.15) is 18.1 Å². The van der Waals surface area contributed by atoms with Crippen LogP contribution in [0.2, 0.25) is 0 Å². The molecule has 0 aliphatic heterocycles. The van der Waals surface area contributed by atoms with Gasteiger partial charge in [-0.25, -0.2) is 14.4 Å². The Hall–Kier alpha value is -2.11. The highest BCUT2D eigenvalue weighted by molar-refractivity contribution is 14.0. The minimum Gasteiger partial charge on any atom is -0.468 e. The number of pyridine rings is 1. The molecule has 154 valence electrons. The first-order valence-corrected chi connectivity index (χ1v) is 8.27. The predicted octanol–water partition coefficient (Wildman–Crippen LogP) is 4.04. The summed E-state index contributed by atoms with van der Waals surface area (Å²) < 4.78 is 54.1. The van der Waals surface area contributed by atoms with Crippen LogP contribution in [-0.4, -0.2) is 30.3 Å². The molecule has 0 amide bonds. The predicted molar refractivity (Wildman–Crippen MR) is 109 cm³/mol. The van der Waals surface area contributed by atoms with E-state index >= 15 is 0 Å². The first kappa shape index (κ1) is 23.9. The molecule has 0 unspecified atom stereocenters. The zero-order valence-corrected chi connectivity index (χ0v) is 17.4. The van der Waals surface area contributed by atoms with E-state index in [1.165, 1.54) is 24.4 Å². The molecule has 0 fully saturated rings. The number of rotatable bonds is 7. The molecule has 0 radical (unpaired) electrons. The SMILES string of the molecule is CCNC(=NCc1ccc(OCC(F)(F)F)nc1)NCc1cccc(F)c1.I. The lowest BCUT2D eigenvalue weighted by Crippen LogP contribution is -2.36. The van der Waals surface area contributed by atoms with Gasteiger partial charge in [-0.1, -0.05) is 18.2 Å². The van der Waals surface area contributed by atoms with Crippen molar-refractivity contribution in [2.75, 3.05) is 13.2 Å². The lowest BCUT2D eigenvalue weighted by molar-refractivity contribution is -0.154. The van der Waals surface area contributed by atoms with Gasteiger partial charge in [0.25, 0.3) is 0 Å². The molecule has 1 aromatic carbocycles. The highest BCUT2D eigenvalue weighted by Gasteiger charge is 2.28. The summed E-state index contributed by atoms with van der Waals surface area (Å²) in [5.41, 5.74) is 1.48. The Labute approximate surface area is 177 Å². The lowest BCUT2D eigenvalue weighted by Gasteiger charge is -2.11. The number of aromatic nitrogens is 1. The van der Waals surface area contributed by atoms with Crippen molar-refractivity contribution in [3.8, 4) is 5.88 Å². The number of halogens is 5. The van der Waals surface area contributed by atoms with Crippen molar-refractivity contribution >= 4 is 29.9 Å². The second-order valence-corrected chi connectivity index (χ2v) is 5.59. The average Bonchev–Trinajstić information content (AvgIpc) is 2.62. The molecule has 28 heavy (non-hydrogen) atoms. The highest BCUT2D eigenvalue weighted by atomic mass is 127. The van der Waals surface area contributed by atoms with E-state index in [1.54, 1.807) is 18.2 Å². The molecular weight excluding hydrogens is 491 g/mol. The number of benzene rings is 1. The van der Waals surface area contributed by atoms with Crippen LogP contribution in [0.25, 0.3) is 0 Å². The zero-order chi connectivity index (χ0) is 19.7. The Kier molecular flexibility index (Phi) is 9.97. The van der Waals surface area contributed by atoms with Crippen molar-refractivity contribution in [1.29, 1.82) is 0 Å². The Morgan fingerprint density at radius 1 is 1.14 bits per heavy atom. The van der Waals surface area contributed by atoms with E-state index in [1.807, 2.05) is 6.92 Å². The summed E-state index contributed by atoms with van der Waals surface area (Å²) in [6, 6.07) is 9.19. The van der Waals surface area contributed by atoms with E-state index in [0.717, 1.165) is 5.56 Å². The minimum absolute atomic E-state index is 0. The van der Waals surface area contributed by atoms with E-state index in [2.05, 4.69) is 25.3 Å². The van der Waals surface area contributed by atoms with E-state index in [-0.39, 0.29) is 42.2 Å². The molecule has 2 N–H and O–H groups in total. The summed E-state index contributed by atoms with van der Waals surface area (Å²) in [7, 11) is 0. The van der Waals surface area contributed by atoms with Gasteiger partial charge in [-0.3, -0.25) is 0 Å². The quantitative estimate of drug-likeness (QED) is 0.255. The number of aliphatic imine (C=N–C) groups is 1. The third kappa shape index (κ3) is 9.20. The van der Waals surface area contributed by atoms with Gasteiger partial charge in [-0.2, -0.15) is 13.2 Å². The third-order valence-electron chi connectivity index (χ3n) is 3.29. The molecular formula is C18H21F4IN4O. The van der Waals surface area contributed by atoms with Crippen molar-refractivity contribution in [1.82, 2.24) is 15.6 Å². The fourth-order valence-corrected chi connectivity index (χ4v) is 2.09. The van der Waals surface area contributed by atoms with Crippen molar-refractivity contribution in [2.45, 2.75) is 26.2 Å². The molecule has 0 saturated carbocycles. The molecule has 0 aliphatic rings. The highest BCUT2D eigenvalue weighted by Crippen LogP contribution is 2.17. The summed E-state index contributed by atoms with van der Waals surface area (Å²) in [5.74, 6) is 0.116. The normalized spacial score (nSPS) is 11.5. The van der Waals surface area contributed by atoms with Crippen LogP contribution in [0.15, 0.2) is 47.6 Å². The molecule has 1 heterocycles. The summed E-state index contributed by atoms with van der Waals surface area (Å²) in [6.07, 6.45) is -3.00. The summed E-state index contributed by atoms with van der Waals surface area (Å²) >= 11 is 0. The van der Waals surface area contributed by atoms with E-state index in [0.29, 0.717) is 24.6 Å². The monoisotopic (exact) mass is 512 g/mol. The van der Waals surface area contributed by atoms with Crippen LogP contribution < -0.4 is 15.4 Å². The first-order valence-electron chi connectivity index (χ1n) is 8.27.